The molecule has 0 bridgehead atoms. The maximum Gasteiger partial charge on any atom is 0.251 e. The molecule has 0 fully saturated rings. The molecule has 0 saturated heterocycles. The lowest BCUT2D eigenvalue weighted by atomic mass is 10.1. The van der Waals surface area contributed by atoms with Gasteiger partial charge in [-0.2, -0.15) is 0 Å². The van der Waals surface area contributed by atoms with Gasteiger partial charge in [0.05, 0.1) is 18.0 Å². The van der Waals surface area contributed by atoms with Crippen LogP contribution in [0.4, 0.5) is 5.13 Å². The van der Waals surface area contributed by atoms with Crippen molar-refractivity contribution < 1.29 is 9.59 Å². The molecule has 2 heterocycles. The van der Waals surface area contributed by atoms with Crippen molar-refractivity contribution in [1.29, 1.82) is 0 Å². The first kappa shape index (κ1) is 24.8. The van der Waals surface area contributed by atoms with Gasteiger partial charge in [0.2, 0.25) is 11.0 Å². The number of amides is 2. The van der Waals surface area contributed by atoms with Crippen LogP contribution in [0.1, 0.15) is 32.3 Å². The molecule has 9 nitrogen and oxygen atoms in total. The quantitative estimate of drug-likeness (QED) is 0.327. The Balaban J connectivity index is 1.51. The lowest BCUT2D eigenvalue weighted by molar-refractivity contribution is -0.113. The molecule has 12 heteroatoms. The Kier molecular flexibility index (Phi) is 7.79. The molecule has 2 aromatic carbocycles. The molecule has 2 amide bonds. The van der Waals surface area contributed by atoms with Crippen LogP contribution >= 0.6 is 34.7 Å². The van der Waals surface area contributed by atoms with Crippen molar-refractivity contribution in [2.24, 2.45) is 0 Å². The maximum atomic E-state index is 12.7. The van der Waals surface area contributed by atoms with E-state index in [-0.39, 0.29) is 24.1 Å². The van der Waals surface area contributed by atoms with Crippen LogP contribution in [0.25, 0.3) is 5.69 Å². The highest BCUT2D eigenvalue weighted by Crippen LogP contribution is 2.25. The van der Waals surface area contributed by atoms with Gasteiger partial charge in [0.1, 0.15) is 5.01 Å². The van der Waals surface area contributed by atoms with Gasteiger partial charge >= 0.3 is 0 Å². The van der Waals surface area contributed by atoms with E-state index in [2.05, 4.69) is 31.0 Å². The highest BCUT2D eigenvalue weighted by atomic mass is 35.5. The SMILES string of the molecule is Cc1nnc(NC(=O)CSc2nnc(CNC(=O)c3ccc(C)c(C)c3)n2-c2cccc(Cl)c2)s1. The molecular formula is C23H22ClN7O2S2. The first-order chi connectivity index (χ1) is 16.8. The summed E-state index contributed by atoms with van der Waals surface area (Å²) in [5.74, 6) is 0.143. The standard InChI is InChI=1S/C23H22ClN7O2S2/c1-13-7-8-16(9-14(13)2)21(33)25-11-19-28-30-23(31(19)18-6-4-5-17(24)10-18)34-12-20(32)26-22-29-27-15(3)35-22/h4-10H,11-12H2,1-3H3,(H,25,33)(H,26,29,32). The molecule has 0 aliphatic carbocycles. The average Bonchev–Trinajstić information content (AvgIpc) is 3.43. The van der Waals surface area contributed by atoms with Crippen LogP contribution < -0.4 is 10.6 Å². The summed E-state index contributed by atoms with van der Waals surface area (Å²) in [4.78, 5) is 25.1. The van der Waals surface area contributed by atoms with Crippen LogP contribution in [0.2, 0.25) is 5.02 Å². The van der Waals surface area contributed by atoms with Gasteiger partial charge in [-0.05, 0) is 62.2 Å². The number of carbonyl (C=O) groups excluding carboxylic acids is 2. The lowest BCUT2D eigenvalue weighted by Crippen LogP contribution is -2.24. The van der Waals surface area contributed by atoms with Gasteiger partial charge in [-0.1, -0.05) is 46.8 Å². The molecular weight excluding hydrogens is 506 g/mol. The van der Waals surface area contributed by atoms with Crippen molar-refractivity contribution in [3.05, 3.63) is 75.0 Å². The number of hydrogen-bond donors (Lipinski definition) is 2. The number of anilines is 1. The van der Waals surface area contributed by atoms with Crippen LogP contribution in [-0.2, 0) is 11.3 Å². The third-order valence-corrected chi connectivity index (χ3v) is 6.97. The largest absolute Gasteiger partial charge is 0.345 e. The zero-order valence-corrected chi connectivity index (χ0v) is 21.6. The molecule has 0 radical (unpaired) electrons. The van der Waals surface area contributed by atoms with Gasteiger partial charge in [0.15, 0.2) is 11.0 Å². The minimum Gasteiger partial charge on any atom is -0.345 e. The van der Waals surface area contributed by atoms with Crippen molar-refractivity contribution in [3.63, 3.8) is 0 Å². The van der Waals surface area contributed by atoms with Gasteiger partial charge in [-0.3, -0.25) is 19.5 Å². The Bertz CT molecular complexity index is 1390. The molecule has 0 aliphatic heterocycles. The second kappa shape index (κ2) is 11.0. The number of carbonyl (C=O) groups is 2. The number of thioether (sulfide) groups is 1. The number of aromatic nitrogens is 5. The maximum absolute atomic E-state index is 12.7. The minimum atomic E-state index is -0.239. The zero-order valence-electron chi connectivity index (χ0n) is 19.2. The zero-order chi connectivity index (χ0) is 24.9. The summed E-state index contributed by atoms with van der Waals surface area (Å²) in [7, 11) is 0. The fourth-order valence-corrected chi connectivity index (χ4v) is 4.72. The minimum absolute atomic E-state index is 0.0896. The molecule has 0 unspecified atom stereocenters. The molecule has 0 saturated carbocycles. The van der Waals surface area contributed by atoms with Gasteiger partial charge in [-0.15, -0.1) is 20.4 Å². The van der Waals surface area contributed by atoms with Crippen molar-refractivity contribution >= 4 is 51.6 Å². The predicted octanol–water partition coefficient (Wildman–Crippen LogP) is 4.36. The van der Waals surface area contributed by atoms with Crippen molar-refractivity contribution in [1.82, 2.24) is 30.3 Å². The first-order valence-corrected chi connectivity index (χ1v) is 12.8. The third-order valence-electron chi connectivity index (χ3n) is 5.05. The second-order valence-electron chi connectivity index (χ2n) is 7.66. The summed E-state index contributed by atoms with van der Waals surface area (Å²) in [6, 6.07) is 12.8. The van der Waals surface area contributed by atoms with E-state index < -0.39 is 0 Å². The molecule has 2 N–H and O–H groups in total. The molecule has 4 rings (SSSR count). The molecule has 0 aliphatic rings. The summed E-state index contributed by atoms with van der Waals surface area (Å²) < 4.78 is 1.78. The monoisotopic (exact) mass is 527 g/mol. The Hall–Kier alpha value is -3.28. The van der Waals surface area contributed by atoms with Gasteiger partial charge in [0, 0.05) is 10.6 Å². The van der Waals surface area contributed by atoms with Gasteiger partial charge in [0.25, 0.3) is 5.91 Å². The van der Waals surface area contributed by atoms with Crippen molar-refractivity contribution in [2.45, 2.75) is 32.5 Å². The van der Waals surface area contributed by atoms with Gasteiger partial charge < -0.3 is 5.32 Å². The van der Waals surface area contributed by atoms with E-state index in [1.807, 2.05) is 45.0 Å². The molecule has 4 aromatic rings. The fraction of sp³-hybridized carbons (Fsp3) is 0.217. The van der Waals surface area contributed by atoms with Crippen molar-refractivity contribution in [2.75, 3.05) is 11.1 Å². The van der Waals surface area contributed by atoms with Crippen LogP contribution in [-0.4, -0.2) is 42.5 Å². The number of aryl methyl sites for hydroxylation is 3. The summed E-state index contributed by atoms with van der Waals surface area (Å²) in [5.41, 5.74) is 3.45. The van der Waals surface area contributed by atoms with E-state index in [4.69, 9.17) is 11.6 Å². The summed E-state index contributed by atoms with van der Waals surface area (Å²) in [6.45, 7) is 5.92. The average molecular weight is 528 g/mol. The lowest BCUT2D eigenvalue weighted by Gasteiger charge is -2.12. The number of nitrogens with zero attached hydrogens (tertiary/aromatic N) is 5. The van der Waals surface area contributed by atoms with Crippen LogP contribution in [0.3, 0.4) is 0 Å². The number of rotatable bonds is 8. The smallest absolute Gasteiger partial charge is 0.251 e. The Morgan fingerprint density at radius 3 is 2.57 bits per heavy atom. The van der Waals surface area contributed by atoms with E-state index in [9.17, 15) is 9.59 Å². The van der Waals surface area contributed by atoms with Gasteiger partial charge in [-0.25, -0.2) is 0 Å². The highest BCUT2D eigenvalue weighted by molar-refractivity contribution is 7.99. The Labute approximate surface area is 215 Å². The number of benzene rings is 2. The molecule has 0 spiro atoms. The van der Waals surface area contributed by atoms with E-state index in [1.54, 1.807) is 22.8 Å². The number of hydrogen-bond acceptors (Lipinski definition) is 8. The highest BCUT2D eigenvalue weighted by Gasteiger charge is 2.18. The number of halogens is 1. The summed E-state index contributed by atoms with van der Waals surface area (Å²) >= 11 is 8.73. The van der Waals surface area contributed by atoms with Crippen LogP contribution in [0.15, 0.2) is 47.6 Å². The summed E-state index contributed by atoms with van der Waals surface area (Å²) in [6.07, 6.45) is 0. The first-order valence-electron chi connectivity index (χ1n) is 10.6. The molecule has 35 heavy (non-hydrogen) atoms. The van der Waals surface area contributed by atoms with Crippen molar-refractivity contribution in [3.8, 4) is 5.69 Å². The van der Waals surface area contributed by atoms with E-state index in [0.717, 1.165) is 21.8 Å². The fourth-order valence-electron chi connectivity index (χ4n) is 3.16. The van der Waals surface area contributed by atoms with E-state index >= 15 is 0 Å². The Morgan fingerprint density at radius 1 is 1.03 bits per heavy atom. The van der Waals surface area contributed by atoms with E-state index in [0.29, 0.717) is 26.7 Å². The normalized spacial score (nSPS) is 10.9. The van der Waals surface area contributed by atoms with Crippen LogP contribution in [0, 0.1) is 20.8 Å². The van der Waals surface area contributed by atoms with Crippen LogP contribution in [0.5, 0.6) is 0 Å². The third kappa shape index (κ3) is 6.24. The number of nitrogens with one attached hydrogen (secondary N) is 2. The molecule has 0 atom stereocenters. The molecule has 2 aromatic heterocycles. The second-order valence-corrected chi connectivity index (χ2v) is 10.2. The van der Waals surface area contributed by atoms with E-state index in [1.165, 1.54) is 23.1 Å². The topological polar surface area (TPSA) is 115 Å². The molecule has 180 valence electrons. The summed E-state index contributed by atoms with van der Waals surface area (Å²) in [5, 5.41) is 24.2. The Morgan fingerprint density at radius 2 is 1.86 bits per heavy atom. The predicted molar refractivity (Wildman–Crippen MR) is 137 cm³/mol.